The quantitative estimate of drug-likeness (QED) is 0.825. The number of nitrogens with zero attached hydrogens (tertiary/aromatic N) is 1. The molecular weight excluding hydrogens is 222 g/mol. The molecular formula is C12H21NO2S. The van der Waals surface area contributed by atoms with E-state index in [1.807, 2.05) is 11.8 Å². The van der Waals surface area contributed by atoms with Crippen molar-refractivity contribution in [3.63, 3.8) is 0 Å². The first kappa shape index (κ1) is 12.2. The molecule has 3 unspecified atom stereocenters. The Morgan fingerprint density at radius 3 is 2.88 bits per heavy atom. The van der Waals surface area contributed by atoms with E-state index < -0.39 is 5.97 Å². The van der Waals surface area contributed by atoms with Crippen molar-refractivity contribution >= 4 is 17.7 Å². The molecule has 16 heavy (non-hydrogen) atoms. The maximum atomic E-state index is 10.9. The molecule has 2 rings (SSSR count). The number of aliphatic carboxylic acids is 1. The molecule has 0 saturated carbocycles. The predicted molar refractivity (Wildman–Crippen MR) is 66.9 cm³/mol. The summed E-state index contributed by atoms with van der Waals surface area (Å²) in [6.07, 6.45) is 5.07. The summed E-state index contributed by atoms with van der Waals surface area (Å²) in [5.41, 5.74) is 0. The van der Waals surface area contributed by atoms with E-state index in [2.05, 4.69) is 11.8 Å². The Morgan fingerprint density at radius 2 is 2.25 bits per heavy atom. The molecule has 0 aromatic carbocycles. The highest BCUT2D eigenvalue weighted by Crippen LogP contribution is 2.34. The normalized spacial score (nSPS) is 36.4. The molecule has 2 aliphatic rings. The van der Waals surface area contributed by atoms with E-state index in [9.17, 15) is 4.79 Å². The molecule has 2 saturated heterocycles. The third kappa shape index (κ3) is 2.72. The topological polar surface area (TPSA) is 40.5 Å². The van der Waals surface area contributed by atoms with Gasteiger partial charge in [0.05, 0.1) is 6.42 Å². The van der Waals surface area contributed by atoms with Crippen molar-refractivity contribution in [2.45, 2.75) is 56.4 Å². The Bertz CT molecular complexity index is 259. The Hall–Kier alpha value is -0.220. The zero-order valence-electron chi connectivity index (χ0n) is 9.89. The van der Waals surface area contributed by atoms with E-state index in [0.717, 1.165) is 13.0 Å². The molecule has 3 atom stereocenters. The minimum absolute atomic E-state index is 0.289. The van der Waals surface area contributed by atoms with E-state index in [1.54, 1.807) is 0 Å². The number of hydrogen-bond donors (Lipinski definition) is 1. The van der Waals surface area contributed by atoms with Gasteiger partial charge in [-0.3, -0.25) is 9.69 Å². The van der Waals surface area contributed by atoms with Gasteiger partial charge in [0.1, 0.15) is 0 Å². The second-order valence-electron chi connectivity index (χ2n) is 4.92. The molecule has 0 radical (unpaired) electrons. The second kappa shape index (κ2) is 5.41. The molecule has 1 N–H and O–H groups in total. The van der Waals surface area contributed by atoms with Gasteiger partial charge in [-0.2, -0.15) is 11.8 Å². The largest absolute Gasteiger partial charge is 0.481 e. The van der Waals surface area contributed by atoms with Crippen LogP contribution in [0.15, 0.2) is 0 Å². The third-order valence-corrected chi connectivity index (χ3v) is 5.16. The minimum atomic E-state index is -0.643. The molecule has 92 valence electrons. The van der Waals surface area contributed by atoms with Gasteiger partial charge in [0.2, 0.25) is 0 Å². The first-order chi connectivity index (χ1) is 7.68. The van der Waals surface area contributed by atoms with Gasteiger partial charge in [-0.1, -0.05) is 13.3 Å². The number of carboxylic acids is 1. The number of piperidine rings is 1. The molecule has 0 aromatic rings. The van der Waals surface area contributed by atoms with Crippen LogP contribution in [0.25, 0.3) is 0 Å². The van der Waals surface area contributed by atoms with Crippen LogP contribution in [0, 0.1) is 0 Å². The summed E-state index contributed by atoms with van der Waals surface area (Å²) in [7, 11) is 0. The zero-order valence-corrected chi connectivity index (χ0v) is 10.7. The van der Waals surface area contributed by atoms with Crippen LogP contribution in [0.5, 0.6) is 0 Å². The molecule has 0 aromatic heterocycles. The van der Waals surface area contributed by atoms with Crippen LogP contribution in [-0.2, 0) is 4.79 Å². The van der Waals surface area contributed by atoms with Crippen LogP contribution in [0.4, 0.5) is 0 Å². The molecule has 0 aliphatic carbocycles. The van der Waals surface area contributed by atoms with Crippen molar-refractivity contribution in [2.24, 2.45) is 0 Å². The van der Waals surface area contributed by atoms with Gasteiger partial charge in [0.15, 0.2) is 0 Å². The average Bonchev–Trinajstić information content (AvgIpc) is 2.64. The SMILES string of the molecule is CC1SCCC1N1CCCCC1CC(=O)O. The lowest BCUT2D eigenvalue weighted by Crippen LogP contribution is -2.49. The maximum Gasteiger partial charge on any atom is 0.304 e. The summed E-state index contributed by atoms with van der Waals surface area (Å²) >= 11 is 2.03. The molecule has 0 spiro atoms. The predicted octanol–water partition coefficient (Wildman–Crippen LogP) is 2.21. The highest BCUT2D eigenvalue weighted by molar-refractivity contribution is 8.00. The van der Waals surface area contributed by atoms with Crippen LogP contribution >= 0.6 is 11.8 Å². The molecule has 2 fully saturated rings. The van der Waals surface area contributed by atoms with Gasteiger partial charge in [-0.15, -0.1) is 0 Å². The lowest BCUT2D eigenvalue weighted by atomic mass is 9.95. The summed E-state index contributed by atoms with van der Waals surface area (Å²) in [6.45, 7) is 3.39. The van der Waals surface area contributed by atoms with Crippen molar-refractivity contribution in [1.82, 2.24) is 4.90 Å². The minimum Gasteiger partial charge on any atom is -0.481 e. The van der Waals surface area contributed by atoms with Crippen LogP contribution in [0.3, 0.4) is 0 Å². The smallest absolute Gasteiger partial charge is 0.304 e. The fourth-order valence-corrected chi connectivity index (χ4v) is 4.30. The number of rotatable bonds is 3. The molecule has 2 heterocycles. The van der Waals surface area contributed by atoms with Crippen LogP contribution in [0.1, 0.15) is 39.0 Å². The average molecular weight is 243 g/mol. The first-order valence-corrected chi connectivity index (χ1v) is 7.32. The molecule has 0 amide bonds. The molecule has 0 bridgehead atoms. The fraction of sp³-hybridized carbons (Fsp3) is 0.917. The number of hydrogen-bond acceptors (Lipinski definition) is 3. The van der Waals surface area contributed by atoms with Gasteiger partial charge in [-0.25, -0.2) is 0 Å². The van der Waals surface area contributed by atoms with E-state index in [4.69, 9.17) is 5.11 Å². The zero-order chi connectivity index (χ0) is 11.5. The van der Waals surface area contributed by atoms with Gasteiger partial charge < -0.3 is 5.11 Å². The van der Waals surface area contributed by atoms with Gasteiger partial charge >= 0.3 is 5.97 Å². The van der Waals surface area contributed by atoms with Crippen molar-refractivity contribution < 1.29 is 9.90 Å². The van der Waals surface area contributed by atoms with Gasteiger partial charge in [-0.05, 0) is 31.6 Å². The number of likely N-dealkylation sites (tertiary alicyclic amines) is 1. The van der Waals surface area contributed by atoms with Crippen molar-refractivity contribution in [2.75, 3.05) is 12.3 Å². The van der Waals surface area contributed by atoms with E-state index in [-0.39, 0.29) is 6.04 Å². The lowest BCUT2D eigenvalue weighted by Gasteiger charge is -2.40. The standard InChI is InChI=1S/C12H21NO2S/c1-9-11(5-7-16-9)13-6-3-2-4-10(13)8-12(14)15/h9-11H,2-8H2,1H3,(H,14,15). The highest BCUT2D eigenvalue weighted by atomic mass is 32.2. The Morgan fingerprint density at radius 1 is 1.44 bits per heavy atom. The Kier molecular flexibility index (Phi) is 4.14. The summed E-state index contributed by atoms with van der Waals surface area (Å²) in [5.74, 6) is 0.595. The molecule has 4 heteroatoms. The first-order valence-electron chi connectivity index (χ1n) is 6.27. The summed E-state index contributed by atoms with van der Waals surface area (Å²) in [5, 5.41) is 9.64. The molecule has 3 nitrogen and oxygen atoms in total. The second-order valence-corrected chi connectivity index (χ2v) is 6.40. The van der Waals surface area contributed by atoms with E-state index in [0.29, 0.717) is 17.7 Å². The summed E-state index contributed by atoms with van der Waals surface area (Å²) in [4.78, 5) is 13.4. The van der Waals surface area contributed by atoms with E-state index in [1.165, 1.54) is 25.0 Å². The Balaban J connectivity index is 2.00. The van der Waals surface area contributed by atoms with Gasteiger partial charge in [0, 0.05) is 17.3 Å². The maximum absolute atomic E-state index is 10.9. The number of thioether (sulfide) groups is 1. The number of carboxylic acid groups (broad SMARTS) is 1. The number of carbonyl (C=O) groups is 1. The fourth-order valence-electron chi connectivity index (χ4n) is 3.04. The van der Waals surface area contributed by atoms with Crippen LogP contribution < -0.4 is 0 Å². The van der Waals surface area contributed by atoms with Crippen molar-refractivity contribution in [1.29, 1.82) is 0 Å². The van der Waals surface area contributed by atoms with Crippen molar-refractivity contribution in [3.8, 4) is 0 Å². The third-order valence-electron chi connectivity index (χ3n) is 3.85. The summed E-state index contributed by atoms with van der Waals surface area (Å²) < 4.78 is 0. The monoisotopic (exact) mass is 243 g/mol. The highest BCUT2D eigenvalue weighted by Gasteiger charge is 2.35. The molecule has 2 aliphatic heterocycles. The van der Waals surface area contributed by atoms with Crippen LogP contribution in [0.2, 0.25) is 0 Å². The lowest BCUT2D eigenvalue weighted by molar-refractivity contribution is -0.139. The van der Waals surface area contributed by atoms with Crippen LogP contribution in [-0.4, -0.2) is 45.6 Å². The Labute approximate surface area is 102 Å². The summed E-state index contributed by atoms with van der Waals surface area (Å²) in [6, 6.07) is 0.909. The van der Waals surface area contributed by atoms with Gasteiger partial charge in [0.25, 0.3) is 0 Å². The van der Waals surface area contributed by atoms with E-state index >= 15 is 0 Å². The van der Waals surface area contributed by atoms with Crippen molar-refractivity contribution in [3.05, 3.63) is 0 Å².